The van der Waals surface area contributed by atoms with Crippen molar-refractivity contribution < 1.29 is 36.3 Å². The van der Waals surface area contributed by atoms with Crippen LogP contribution in [0.1, 0.15) is 86.4 Å². The van der Waals surface area contributed by atoms with E-state index in [1.807, 2.05) is 72.8 Å². The summed E-state index contributed by atoms with van der Waals surface area (Å²) < 4.78 is 5.88. The second kappa shape index (κ2) is 20.1. The van der Waals surface area contributed by atoms with Gasteiger partial charge >= 0.3 is 21.7 Å². The zero-order valence-electron chi connectivity index (χ0n) is 39.3. The maximum atomic E-state index is 12.3. The molecule has 0 saturated heterocycles. The SMILES string of the molecule is Cc1cc(CN(Cc2ccco2)Cc2cc(C)cc(C3(C)c4ccccc4-c4ccccc43)c2O)c(O)c(C2(C)c3ccccc3-c3ccccc32)c1.[CH2-]c1ccccc1.[CH2-]c1ccccc1.[Ti+3]. The van der Waals surface area contributed by atoms with Gasteiger partial charge in [0.15, 0.2) is 0 Å². The van der Waals surface area contributed by atoms with Gasteiger partial charge < -0.3 is 14.6 Å². The number of rotatable bonds is 8. The summed E-state index contributed by atoms with van der Waals surface area (Å²) in [5.74, 6) is 1.42. The molecule has 1 radical (unpaired) electrons. The Morgan fingerprint density at radius 1 is 0.426 bits per heavy atom. The van der Waals surface area contributed by atoms with Gasteiger partial charge in [-0.25, -0.2) is 0 Å². The van der Waals surface area contributed by atoms with E-state index in [-0.39, 0.29) is 21.7 Å². The first-order chi connectivity index (χ1) is 32.5. The summed E-state index contributed by atoms with van der Waals surface area (Å²) in [5, 5.41) is 24.7. The summed E-state index contributed by atoms with van der Waals surface area (Å²) in [6.45, 7) is 17.5. The van der Waals surface area contributed by atoms with Crippen LogP contribution >= 0.6 is 0 Å². The molecule has 5 heteroatoms. The number of benzene rings is 8. The molecule has 9 aromatic rings. The Morgan fingerprint density at radius 2 is 0.765 bits per heavy atom. The van der Waals surface area contributed by atoms with Crippen LogP contribution < -0.4 is 0 Å². The molecule has 0 amide bonds. The summed E-state index contributed by atoms with van der Waals surface area (Å²) in [6, 6.07) is 66.4. The molecule has 0 bridgehead atoms. The molecule has 0 fully saturated rings. The van der Waals surface area contributed by atoms with Gasteiger partial charge in [0.1, 0.15) is 17.3 Å². The van der Waals surface area contributed by atoms with Crippen LogP contribution in [0.15, 0.2) is 205 Å². The number of hydrogen-bond acceptors (Lipinski definition) is 4. The second-order valence-corrected chi connectivity index (χ2v) is 18.3. The van der Waals surface area contributed by atoms with Gasteiger partial charge in [-0.2, -0.15) is 49.2 Å². The van der Waals surface area contributed by atoms with Crippen LogP contribution in [0.3, 0.4) is 0 Å². The van der Waals surface area contributed by atoms with E-state index in [0.717, 1.165) is 50.3 Å². The minimum Gasteiger partial charge on any atom is -0.507 e. The zero-order chi connectivity index (χ0) is 46.7. The van der Waals surface area contributed by atoms with E-state index in [0.29, 0.717) is 31.1 Å². The standard InChI is InChI=1S/C49H43NO3.2C7H7.Ti/c1-31-24-33(46(51)44(26-31)48(3)40-19-9-5-15-36(40)37-16-6-10-20-41(37)48)28-50(30-35-14-13-23-53-35)29-34-25-32(2)27-45(47(34)52)49(4)42-21-11-7-17-38(42)39-18-8-12-22-43(39)49;2*1-7-5-3-2-4-6-7;/h5-27,51-52H,28-30H2,1-4H3;2*2-6H,1H2;/q;2*-1;+3. The van der Waals surface area contributed by atoms with Gasteiger partial charge in [0, 0.05) is 46.2 Å². The summed E-state index contributed by atoms with van der Waals surface area (Å²) >= 11 is 0. The van der Waals surface area contributed by atoms with Crippen molar-refractivity contribution in [3.63, 3.8) is 0 Å². The molecule has 2 aliphatic rings. The summed E-state index contributed by atoms with van der Waals surface area (Å²) in [6.07, 6.45) is 1.70. The number of phenols is 2. The molecular formula is C63H57NO3Ti+. The fraction of sp³-hybridized carbons (Fsp3) is 0.143. The molecule has 11 rings (SSSR count). The number of fused-ring (bicyclic) bond motifs is 6. The van der Waals surface area contributed by atoms with Gasteiger partial charge in [-0.15, -0.1) is 24.3 Å². The van der Waals surface area contributed by atoms with Crippen molar-refractivity contribution in [1.29, 1.82) is 0 Å². The smallest absolute Gasteiger partial charge is 0.507 e. The van der Waals surface area contributed by atoms with Gasteiger partial charge in [-0.05, 0) is 84.3 Å². The van der Waals surface area contributed by atoms with Crippen LogP contribution in [0.25, 0.3) is 22.3 Å². The predicted molar refractivity (Wildman–Crippen MR) is 274 cm³/mol. The largest absolute Gasteiger partial charge is 3.00 e. The fourth-order valence-electron chi connectivity index (χ4n) is 10.4. The third kappa shape index (κ3) is 9.08. The maximum absolute atomic E-state index is 12.3. The number of hydrogen-bond donors (Lipinski definition) is 2. The number of nitrogens with zero attached hydrogens (tertiary/aromatic N) is 1. The zero-order valence-corrected chi connectivity index (χ0v) is 40.9. The van der Waals surface area contributed by atoms with Gasteiger partial charge in [-0.3, -0.25) is 4.90 Å². The minimum atomic E-state index is -0.531. The van der Waals surface area contributed by atoms with E-state index >= 15 is 0 Å². The van der Waals surface area contributed by atoms with Crippen molar-refractivity contribution in [3.05, 3.63) is 287 Å². The Kier molecular flexibility index (Phi) is 14.1. The number of aryl methyl sites for hydroxylation is 2. The van der Waals surface area contributed by atoms with Crippen LogP contribution in [0.5, 0.6) is 11.5 Å². The average Bonchev–Trinajstić information content (AvgIpc) is 4.03. The first-order valence-corrected chi connectivity index (χ1v) is 23.0. The normalized spacial score (nSPS) is 13.1. The Labute approximate surface area is 417 Å². The van der Waals surface area contributed by atoms with E-state index in [9.17, 15) is 10.2 Å². The van der Waals surface area contributed by atoms with Crippen LogP contribution in [-0.4, -0.2) is 15.1 Å². The first-order valence-electron chi connectivity index (χ1n) is 23.0. The van der Waals surface area contributed by atoms with Gasteiger partial charge in [0.05, 0.1) is 12.8 Å². The Bertz CT molecular complexity index is 2870. The molecule has 2 aliphatic carbocycles. The number of phenolic OH excluding ortho intramolecular Hbond substituents is 2. The van der Waals surface area contributed by atoms with E-state index < -0.39 is 10.8 Å². The van der Waals surface area contributed by atoms with Crippen LogP contribution in [0.2, 0.25) is 0 Å². The van der Waals surface area contributed by atoms with Crippen molar-refractivity contribution >= 4 is 0 Å². The molecule has 0 saturated carbocycles. The van der Waals surface area contributed by atoms with E-state index in [1.54, 1.807) is 6.26 Å². The number of aromatic hydroxyl groups is 2. The predicted octanol–water partition coefficient (Wildman–Crippen LogP) is 14.9. The topological polar surface area (TPSA) is 56.8 Å². The summed E-state index contributed by atoms with van der Waals surface area (Å²) in [4.78, 5) is 2.26. The fourth-order valence-corrected chi connectivity index (χ4v) is 10.4. The second-order valence-electron chi connectivity index (χ2n) is 18.3. The van der Waals surface area contributed by atoms with Crippen LogP contribution in [0, 0.1) is 27.7 Å². The molecule has 0 atom stereocenters. The molecule has 2 N–H and O–H groups in total. The van der Waals surface area contributed by atoms with Gasteiger partial charge in [-0.1, -0.05) is 145 Å². The molecular weight excluding hydrogens is 867 g/mol. The molecule has 68 heavy (non-hydrogen) atoms. The quantitative estimate of drug-likeness (QED) is 0.118. The molecule has 0 unspecified atom stereocenters. The molecule has 8 aromatic carbocycles. The Hall–Kier alpha value is -6.95. The van der Waals surface area contributed by atoms with Crippen LogP contribution in [0.4, 0.5) is 0 Å². The van der Waals surface area contributed by atoms with E-state index in [2.05, 4.69) is 168 Å². The Morgan fingerprint density at radius 3 is 1.07 bits per heavy atom. The van der Waals surface area contributed by atoms with E-state index in [4.69, 9.17) is 4.42 Å². The molecule has 335 valence electrons. The summed E-state index contributed by atoms with van der Waals surface area (Å²) in [5.41, 5.74) is 16.3. The van der Waals surface area contributed by atoms with Crippen molar-refractivity contribution in [2.75, 3.05) is 0 Å². The van der Waals surface area contributed by atoms with Crippen molar-refractivity contribution in [1.82, 2.24) is 4.90 Å². The maximum Gasteiger partial charge on any atom is 3.00 e. The molecule has 1 heterocycles. The first kappa shape index (κ1) is 47.5. The minimum absolute atomic E-state index is 0. The van der Waals surface area contributed by atoms with Crippen molar-refractivity contribution in [3.8, 4) is 33.8 Å². The molecule has 0 aliphatic heterocycles. The van der Waals surface area contributed by atoms with Gasteiger partial charge in [0.25, 0.3) is 0 Å². The third-order valence-corrected chi connectivity index (χ3v) is 13.6. The van der Waals surface area contributed by atoms with Crippen molar-refractivity contribution in [2.24, 2.45) is 0 Å². The van der Waals surface area contributed by atoms with Gasteiger partial charge in [0.2, 0.25) is 0 Å². The molecule has 1 aromatic heterocycles. The molecule has 4 nitrogen and oxygen atoms in total. The molecule has 0 spiro atoms. The van der Waals surface area contributed by atoms with Crippen molar-refractivity contribution in [2.45, 2.75) is 58.2 Å². The van der Waals surface area contributed by atoms with E-state index in [1.165, 1.54) is 44.5 Å². The Balaban J connectivity index is 0.000000358. The number of furan rings is 1. The summed E-state index contributed by atoms with van der Waals surface area (Å²) in [7, 11) is 0. The third-order valence-electron chi connectivity index (χ3n) is 13.6. The average molecular weight is 924 g/mol. The van der Waals surface area contributed by atoms with Crippen LogP contribution in [-0.2, 0) is 52.2 Å². The monoisotopic (exact) mass is 923 g/mol.